The minimum atomic E-state index is -1.34. The summed E-state index contributed by atoms with van der Waals surface area (Å²) >= 11 is 0. The fourth-order valence-electron chi connectivity index (χ4n) is 0.625. The predicted octanol–water partition coefficient (Wildman–Crippen LogP) is -0.635. The van der Waals surface area contributed by atoms with Gasteiger partial charge in [0.1, 0.15) is 0 Å². The van der Waals surface area contributed by atoms with Gasteiger partial charge in [-0.1, -0.05) is 30.3 Å². The molecule has 12 heavy (non-hydrogen) atoms. The Labute approximate surface area is 72.4 Å². The van der Waals surface area contributed by atoms with Gasteiger partial charge >= 0.3 is 7.12 Å². The summed E-state index contributed by atoms with van der Waals surface area (Å²) in [6.07, 6.45) is 0. The van der Waals surface area contributed by atoms with Crippen molar-refractivity contribution >= 4 is 12.6 Å². The van der Waals surface area contributed by atoms with Crippen molar-refractivity contribution in [3.63, 3.8) is 0 Å². The van der Waals surface area contributed by atoms with Crippen LogP contribution in [-0.2, 0) is 0 Å². The van der Waals surface area contributed by atoms with E-state index in [4.69, 9.17) is 15.2 Å². The summed E-state index contributed by atoms with van der Waals surface area (Å²) in [6.45, 7) is 1.93. The second-order valence-electron chi connectivity index (χ2n) is 2.10. The van der Waals surface area contributed by atoms with Crippen LogP contribution in [0.2, 0.25) is 0 Å². The summed E-state index contributed by atoms with van der Waals surface area (Å²) in [5.41, 5.74) is 0.525. The van der Waals surface area contributed by atoms with Crippen LogP contribution in [0.4, 0.5) is 0 Å². The van der Waals surface area contributed by atoms with Gasteiger partial charge in [0.2, 0.25) is 0 Å². The highest BCUT2D eigenvalue weighted by atomic mass is 16.4. The van der Waals surface area contributed by atoms with Crippen LogP contribution in [-0.4, -0.2) is 28.9 Å². The van der Waals surface area contributed by atoms with Crippen LogP contribution in [0.3, 0.4) is 0 Å². The Bertz CT molecular complexity index is 189. The molecule has 0 radical (unpaired) electrons. The Balaban J connectivity index is 0.000000354. The second kappa shape index (κ2) is 6.85. The van der Waals surface area contributed by atoms with Gasteiger partial charge in [-0.05, 0) is 12.4 Å². The van der Waals surface area contributed by atoms with E-state index in [1.165, 1.54) is 0 Å². The highest BCUT2D eigenvalue weighted by Gasteiger charge is 2.07. The number of hydrogen-bond acceptors (Lipinski definition) is 3. The first-order valence-corrected chi connectivity index (χ1v) is 3.74. The van der Waals surface area contributed by atoms with Crippen molar-refractivity contribution < 1.29 is 15.2 Å². The van der Waals surface area contributed by atoms with E-state index in [9.17, 15) is 0 Å². The molecule has 0 unspecified atom stereocenters. The fourth-order valence-corrected chi connectivity index (χ4v) is 0.625. The predicted molar refractivity (Wildman–Crippen MR) is 49.0 cm³/mol. The van der Waals surface area contributed by atoms with Gasteiger partial charge in [0.05, 0.1) is 0 Å². The molecule has 0 saturated carbocycles. The largest absolute Gasteiger partial charge is 0.488 e. The second-order valence-corrected chi connectivity index (χ2v) is 2.10. The van der Waals surface area contributed by atoms with E-state index in [2.05, 4.69) is 0 Å². The molecule has 0 aromatic heterocycles. The zero-order valence-corrected chi connectivity index (χ0v) is 7.01. The van der Waals surface area contributed by atoms with Crippen molar-refractivity contribution in [2.24, 2.45) is 0 Å². The summed E-state index contributed by atoms with van der Waals surface area (Å²) in [7, 11) is -1.34. The number of aliphatic hydroxyl groups excluding tert-OH is 1. The molecule has 0 spiro atoms. The third-order valence-electron chi connectivity index (χ3n) is 1.10. The van der Waals surface area contributed by atoms with Crippen LogP contribution in [0.1, 0.15) is 6.92 Å². The number of benzene rings is 1. The molecule has 0 atom stereocenters. The lowest BCUT2D eigenvalue weighted by Crippen LogP contribution is -2.29. The smallest absolute Gasteiger partial charge is 0.423 e. The van der Waals surface area contributed by atoms with Gasteiger partial charge < -0.3 is 15.2 Å². The van der Waals surface area contributed by atoms with Crippen molar-refractivity contribution in [1.29, 1.82) is 0 Å². The van der Waals surface area contributed by atoms with E-state index in [0.717, 1.165) is 0 Å². The maximum absolute atomic E-state index is 8.58. The lowest BCUT2D eigenvalue weighted by atomic mass is 9.81. The van der Waals surface area contributed by atoms with Crippen LogP contribution in [0.15, 0.2) is 30.3 Å². The van der Waals surface area contributed by atoms with Crippen molar-refractivity contribution in [1.82, 2.24) is 0 Å². The zero-order valence-electron chi connectivity index (χ0n) is 7.01. The molecule has 0 aliphatic carbocycles. The molecule has 1 aromatic carbocycles. The molecule has 66 valence electrons. The highest BCUT2D eigenvalue weighted by molar-refractivity contribution is 6.58. The SMILES string of the molecule is CCO.OB(O)c1ccccc1. The van der Waals surface area contributed by atoms with Gasteiger partial charge in [-0.3, -0.25) is 0 Å². The van der Waals surface area contributed by atoms with Crippen LogP contribution in [0.25, 0.3) is 0 Å². The van der Waals surface area contributed by atoms with Gasteiger partial charge in [0.15, 0.2) is 0 Å². The van der Waals surface area contributed by atoms with E-state index >= 15 is 0 Å². The van der Waals surface area contributed by atoms with E-state index in [-0.39, 0.29) is 6.61 Å². The molecule has 4 heteroatoms. The maximum atomic E-state index is 8.58. The molecule has 0 saturated heterocycles. The summed E-state index contributed by atoms with van der Waals surface area (Å²) in [5.74, 6) is 0. The van der Waals surface area contributed by atoms with Gasteiger partial charge in [0.25, 0.3) is 0 Å². The Kier molecular flexibility index (Phi) is 6.37. The van der Waals surface area contributed by atoms with E-state index < -0.39 is 7.12 Å². The molecule has 3 nitrogen and oxygen atoms in total. The quantitative estimate of drug-likeness (QED) is 0.489. The van der Waals surface area contributed by atoms with Gasteiger partial charge in [0, 0.05) is 6.61 Å². The summed E-state index contributed by atoms with van der Waals surface area (Å²) in [4.78, 5) is 0. The van der Waals surface area contributed by atoms with Gasteiger partial charge in [-0.15, -0.1) is 0 Å². The molecule has 0 bridgehead atoms. The Hall–Kier alpha value is -0.835. The standard InChI is InChI=1S/C6H7BO2.C2H6O/c8-7(9)6-4-2-1-3-5-6;1-2-3/h1-5,8-9H;3H,2H2,1H3. The highest BCUT2D eigenvalue weighted by Crippen LogP contribution is 1.82. The van der Waals surface area contributed by atoms with Crippen molar-refractivity contribution in [3.05, 3.63) is 30.3 Å². The molecule has 1 aromatic rings. The van der Waals surface area contributed by atoms with Crippen LogP contribution in [0.5, 0.6) is 0 Å². The molecule has 3 N–H and O–H groups in total. The molecule has 0 heterocycles. The summed E-state index contributed by atoms with van der Waals surface area (Å²) < 4.78 is 0. The van der Waals surface area contributed by atoms with Gasteiger partial charge in [-0.2, -0.15) is 0 Å². The monoisotopic (exact) mass is 168 g/mol. The normalized spacial score (nSPS) is 8.33. The number of rotatable bonds is 1. The number of aliphatic hydroxyl groups is 1. The average Bonchev–Trinajstić information content (AvgIpc) is 2.07. The zero-order chi connectivity index (χ0) is 9.40. The fraction of sp³-hybridized carbons (Fsp3) is 0.250. The molecule has 0 fully saturated rings. The molecule has 0 amide bonds. The van der Waals surface area contributed by atoms with Crippen molar-refractivity contribution in [3.8, 4) is 0 Å². The summed E-state index contributed by atoms with van der Waals surface area (Å²) in [5, 5.41) is 24.7. The first kappa shape index (κ1) is 11.2. The van der Waals surface area contributed by atoms with E-state index in [0.29, 0.717) is 5.46 Å². The topological polar surface area (TPSA) is 60.7 Å². The third-order valence-corrected chi connectivity index (χ3v) is 1.10. The first-order chi connectivity index (χ1) is 5.72. The summed E-state index contributed by atoms with van der Waals surface area (Å²) in [6, 6.07) is 8.66. The third kappa shape index (κ3) is 4.90. The minimum absolute atomic E-state index is 0.250. The lowest BCUT2D eigenvalue weighted by molar-refractivity contribution is 0.318. The van der Waals surface area contributed by atoms with Crippen molar-refractivity contribution in [2.45, 2.75) is 6.92 Å². The average molecular weight is 168 g/mol. The minimum Gasteiger partial charge on any atom is -0.423 e. The Morgan fingerprint density at radius 2 is 1.58 bits per heavy atom. The Morgan fingerprint density at radius 1 is 1.17 bits per heavy atom. The Morgan fingerprint density at radius 3 is 1.83 bits per heavy atom. The molecule has 1 rings (SSSR count). The van der Waals surface area contributed by atoms with E-state index in [1.807, 2.05) is 6.07 Å². The lowest BCUT2D eigenvalue weighted by Gasteiger charge is -1.94. The maximum Gasteiger partial charge on any atom is 0.488 e. The molecule has 0 aliphatic heterocycles. The van der Waals surface area contributed by atoms with E-state index in [1.54, 1.807) is 31.2 Å². The van der Waals surface area contributed by atoms with Crippen LogP contribution >= 0.6 is 0 Å². The molecule has 0 aliphatic rings. The molecular weight excluding hydrogens is 155 g/mol. The van der Waals surface area contributed by atoms with Gasteiger partial charge in [-0.25, -0.2) is 0 Å². The van der Waals surface area contributed by atoms with Crippen LogP contribution < -0.4 is 5.46 Å². The van der Waals surface area contributed by atoms with Crippen LogP contribution in [0, 0.1) is 0 Å². The molecular formula is C8H13BO3. The van der Waals surface area contributed by atoms with Crippen molar-refractivity contribution in [2.75, 3.05) is 6.61 Å². The number of hydrogen-bond donors (Lipinski definition) is 3. The first-order valence-electron chi connectivity index (χ1n) is 3.74.